The average Bonchev–Trinajstić information content (AvgIpc) is 3.28. The van der Waals surface area contributed by atoms with E-state index in [9.17, 15) is 63.0 Å². The van der Waals surface area contributed by atoms with E-state index in [2.05, 4.69) is 42.5 Å². The second-order valence-electron chi connectivity index (χ2n) is 18.7. The summed E-state index contributed by atoms with van der Waals surface area (Å²) in [6, 6.07) is -1.70. The number of rotatable bonds is 34. The van der Waals surface area contributed by atoms with E-state index in [1.807, 2.05) is 13.8 Å². The Morgan fingerprint density at radius 1 is 0.535 bits per heavy atom. The number of carboxylic acids is 2. The number of hydrogen-bond donors (Lipinski definition) is 13. The molecule has 1 aromatic carbocycles. The van der Waals surface area contributed by atoms with Crippen LogP contribution < -0.4 is 59.7 Å². The maximum atomic E-state index is 14.0. The van der Waals surface area contributed by atoms with E-state index < -0.39 is 139 Å². The maximum absolute atomic E-state index is 14.0. The van der Waals surface area contributed by atoms with Crippen LogP contribution in [0.2, 0.25) is 0 Å². The molecule has 0 radical (unpaired) electrons. The summed E-state index contributed by atoms with van der Waals surface area (Å²) in [5, 5.41) is 39.2. The first-order valence-electron chi connectivity index (χ1n) is 23.9. The lowest BCUT2D eigenvalue weighted by Gasteiger charge is -2.28. The summed E-state index contributed by atoms with van der Waals surface area (Å²) >= 11 is 0. The van der Waals surface area contributed by atoms with Crippen LogP contribution in [-0.2, 0) is 59.2 Å². The summed E-state index contributed by atoms with van der Waals surface area (Å²) in [7, 11) is 0. The molecule has 0 spiro atoms. The Hall–Kier alpha value is -6.69. The number of aliphatic carboxylic acids is 2. The van der Waals surface area contributed by atoms with Gasteiger partial charge in [0.15, 0.2) is 0 Å². The van der Waals surface area contributed by atoms with Gasteiger partial charge in [-0.25, -0.2) is 4.79 Å². The zero-order valence-electron chi connectivity index (χ0n) is 41.8. The molecule has 24 nitrogen and oxygen atoms in total. The molecule has 16 N–H and O–H groups in total. The van der Waals surface area contributed by atoms with Crippen LogP contribution in [0.4, 0.5) is 0 Å². The normalized spacial score (nSPS) is 14.5. The van der Waals surface area contributed by atoms with Gasteiger partial charge in [-0.2, -0.15) is 0 Å². The Balaban J connectivity index is 3.33. The number of nitrogens with one attached hydrogen (secondary N) is 8. The van der Waals surface area contributed by atoms with E-state index in [1.54, 1.807) is 58.0 Å². The molecule has 0 heterocycles. The fourth-order valence-corrected chi connectivity index (χ4v) is 7.01. The number of carbonyl (C=O) groups is 11. The van der Waals surface area contributed by atoms with E-state index in [4.69, 9.17) is 17.2 Å². The third-order valence-corrected chi connectivity index (χ3v) is 10.9. The molecule has 0 saturated heterocycles. The molecule has 71 heavy (non-hydrogen) atoms. The number of benzene rings is 1. The van der Waals surface area contributed by atoms with Crippen molar-refractivity contribution >= 4 is 65.1 Å². The number of hydrogen-bond acceptors (Lipinski definition) is 13. The van der Waals surface area contributed by atoms with Crippen molar-refractivity contribution in [3.05, 3.63) is 35.9 Å². The Morgan fingerprint density at radius 2 is 1.01 bits per heavy atom. The molecule has 0 saturated carbocycles. The standard InChI is InChI=1S/C47H77N11O13/c1-25(2)21-33(55-40(63)28(7)49)44(67)56-34(23-29-13-9-8-10-14-29)45(68)53-31(17-19-38(61)62)41(64)51-24-37(60)52-30(15-11-12-20-48)43(66)58-39(27(5)6)46(69)54-32(16-18-36(50)59)42(65)57-35(47(70)71)22-26(3)4/h8-10,13-14,25-28,30-35,39H,11-12,15-24,48-49H2,1-7H3,(H2,50,59)(H,51,64)(H,52,60)(H,53,68)(H,54,69)(H,55,63)(H,56,67)(H,57,65)(H,58,66)(H,61,62)(H,70,71)/t28-,30-,31-,32-,33-,34-,35-,39-/m0/s1. The van der Waals surface area contributed by atoms with Crippen LogP contribution in [0.1, 0.15) is 112 Å². The summed E-state index contributed by atoms with van der Waals surface area (Å²) in [5.41, 5.74) is 17.3. The topological polar surface area (TPSA) is 403 Å². The largest absolute Gasteiger partial charge is 0.481 e. The molecule has 0 unspecified atom stereocenters. The fraction of sp³-hybridized carbons (Fsp3) is 0.638. The van der Waals surface area contributed by atoms with E-state index in [0.29, 0.717) is 18.4 Å². The number of primary amides is 1. The van der Waals surface area contributed by atoms with Crippen molar-refractivity contribution in [3.8, 4) is 0 Å². The van der Waals surface area contributed by atoms with Crippen LogP contribution in [-0.4, -0.2) is 137 Å². The Bertz CT molecular complexity index is 1970. The van der Waals surface area contributed by atoms with Gasteiger partial charge in [0, 0.05) is 19.3 Å². The lowest BCUT2D eigenvalue weighted by Crippen LogP contribution is -2.59. The van der Waals surface area contributed by atoms with E-state index in [1.165, 1.54) is 6.92 Å². The number of unbranched alkanes of at least 4 members (excludes halogenated alkanes) is 1. The van der Waals surface area contributed by atoms with Crippen molar-refractivity contribution in [2.45, 2.75) is 161 Å². The van der Waals surface area contributed by atoms with Crippen LogP contribution >= 0.6 is 0 Å². The molecule has 0 fully saturated rings. The van der Waals surface area contributed by atoms with Crippen molar-refractivity contribution in [1.29, 1.82) is 0 Å². The number of nitrogens with two attached hydrogens (primary N) is 3. The SMILES string of the molecule is CC(C)C[C@H](NC(=O)[C@H](CCC(N)=O)NC(=O)[C@@H](NC(=O)[C@H](CCCCN)NC(=O)CNC(=O)[C@H](CCC(=O)O)NC(=O)[C@H](Cc1ccccc1)NC(=O)[C@H](CC(C)C)NC(=O)[C@H](C)N)C(C)C)C(=O)O. The molecule has 9 amide bonds. The predicted octanol–water partition coefficient (Wildman–Crippen LogP) is -1.82. The van der Waals surface area contributed by atoms with Gasteiger partial charge in [0.05, 0.1) is 12.6 Å². The van der Waals surface area contributed by atoms with Crippen molar-refractivity contribution in [2.75, 3.05) is 13.1 Å². The average molecular weight is 1000 g/mol. The van der Waals surface area contributed by atoms with Crippen molar-refractivity contribution in [3.63, 3.8) is 0 Å². The third kappa shape index (κ3) is 25.1. The van der Waals surface area contributed by atoms with Gasteiger partial charge in [0.2, 0.25) is 53.2 Å². The first-order valence-corrected chi connectivity index (χ1v) is 23.9. The monoisotopic (exact) mass is 1000 g/mol. The van der Waals surface area contributed by atoms with E-state index >= 15 is 0 Å². The van der Waals surface area contributed by atoms with Gasteiger partial charge in [0.1, 0.15) is 42.3 Å². The smallest absolute Gasteiger partial charge is 0.326 e. The molecule has 398 valence electrons. The highest BCUT2D eigenvalue weighted by Crippen LogP contribution is 2.12. The first kappa shape index (κ1) is 62.3. The highest BCUT2D eigenvalue weighted by atomic mass is 16.4. The van der Waals surface area contributed by atoms with Crippen LogP contribution in [0.25, 0.3) is 0 Å². The fourth-order valence-electron chi connectivity index (χ4n) is 7.01. The van der Waals surface area contributed by atoms with Gasteiger partial charge >= 0.3 is 11.9 Å². The van der Waals surface area contributed by atoms with E-state index in [0.717, 1.165) is 0 Å². The zero-order valence-corrected chi connectivity index (χ0v) is 41.8. The second kappa shape index (κ2) is 32.2. The van der Waals surface area contributed by atoms with E-state index in [-0.39, 0.29) is 56.9 Å². The highest BCUT2D eigenvalue weighted by molar-refractivity contribution is 5.97. The molecule has 0 aromatic heterocycles. The lowest BCUT2D eigenvalue weighted by molar-refractivity contribution is -0.143. The minimum Gasteiger partial charge on any atom is -0.481 e. The molecule has 8 atom stereocenters. The van der Waals surface area contributed by atoms with Crippen LogP contribution in [0.3, 0.4) is 0 Å². The van der Waals surface area contributed by atoms with Gasteiger partial charge in [0.25, 0.3) is 0 Å². The number of amides is 9. The molecule has 1 aromatic rings. The third-order valence-electron chi connectivity index (χ3n) is 10.9. The second-order valence-corrected chi connectivity index (χ2v) is 18.7. The zero-order chi connectivity index (χ0) is 54.0. The molecule has 0 bridgehead atoms. The molecular weight excluding hydrogens is 927 g/mol. The van der Waals surface area contributed by atoms with Gasteiger partial charge in [-0.3, -0.25) is 47.9 Å². The molecule has 0 aliphatic rings. The van der Waals surface area contributed by atoms with Crippen molar-refractivity contribution in [1.82, 2.24) is 42.5 Å². The molecule has 1 rings (SSSR count). The van der Waals surface area contributed by atoms with Crippen LogP contribution in [0, 0.1) is 17.8 Å². The summed E-state index contributed by atoms with van der Waals surface area (Å²) in [4.78, 5) is 143. The summed E-state index contributed by atoms with van der Waals surface area (Å²) in [5.74, 6) is -10.9. The summed E-state index contributed by atoms with van der Waals surface area (Å²) in [6.45, 7) is 11.3. The Morgan fingerprint density at radius 3 is 1.55 bits per heavy atom. The number of carboxylic acid groups (broad SMARTS) is 2. The predicted molar refractivity (Wildman–Crippen MR) is 260 cm³/mol. The molecule has 0 aliphatic heterocycles. The van der Waals surface area contributed by atoms with Gasteiger partial charge in [-0.1, -0.05) is 71.9 Å². The summed E-state index contributed by atoms with van der Waals surface area (Å²) in [6.07, 6.45) is -0.695. The Labute approximate surface area is 414 Å². The van der Waals surface area contributed by atoms with Gasteiger partial charge < -0.3 is 69.9 Å². The van der Waals surface area contributed by atoms with Crippen LogP contribution in [0.5, 0.6) is 0 Å². The molecular formula is C47H77N11O13. The van der Waals surface area contributed by atoms with Gasteiger partial charge in [-0.05, 0) is 81.7 Å². The quantitative estimate of drug-likeness (QED) is 0.0338. The minimum atomic E-state index is -1.54. The maximum Gasteiger partial charge on any atom is 0.326 e. The van der Waals surface area contributed by atoms with Gasteiger partial charge in [-0.15, -0.1) is 0 Å². The van der Waals surface area contributed by atoms with Crippen molar-refractivity contribution in [2.24, 2.45) is 35.0 Å². The lowest BCUT2D eigenvalue weighted by atomic mass is 10.00. The van der Waals surface area contributed by atoms with Crippen LogP contribution in [0.15, 0.2) is 30.3 Å². The van der Waals surface area contributed by atoms with Crippen molar-refractivity contribution < 1.29 is 63.0 Å². The number of carbonyl (C=O) groups excluding carboxylic acids is 9. The highest BCUT2D eigenvalue weighted by Gasteiger charge is 2.34. The molecule has 24 heteroatoms. The Kier molecular flexibility index (Phi) is 28.3. The summed E-state index contributed by atoms with van der Waals surface area (Å²) < 4.78 is 0. The molecule has 0 aliphatic carbocycles. The first-order chi connectivity index (χ1) is 33.2. The minimum absolute atomic E-state index is 0.0179.